The van der Waals surface area contributed by atoms with Crippen LogP contribution < -0.4 is 0 Å². The fourth-order valence-electron chi connectivity index (χ4n) is 0.887. The Morgan fingerprint density at radius 2 is 2.00 bits per heavy atom. The van der Waals surface area contributed by atoms with Crippen molar-refractivity contribution in [2.75, 3.05) is 0 Å². The van der Waals surface area contributed by atoms with Gasteiger partial charge in [-0.2, -0.15) is 0 Å². The summed E-state index contributed by atoms with van der Waals surface area (Å²) < 4.78 is 4.76. The van der Waals surface area contributed by atoms with Crippen LogP contribution in [0, 0.1) is 5.41 Å². The highest BCUT2D eigenvalue weighted by Crippen LogP contribution is 2.12. The maximum atomic E-state index is 10.3. The lowest BCUT2D eigenvalue weighted by atomic mass is 10.1. The molecule has 13 heavy (non-hydrogen) atoms. The quantitative estimate of drug-likeness (QED) is 0.329. The van der Waals surface area contributed by atoms with E-state index in [0.717, 1.165) is 18.3 Å². The molecule has 0 atom stereocenters. The molecule has 0 saturated carbocycles. The Kier molecular flexibility index (Phi) is 2.97. The van der Waals surface area contributed by atoms with Crippen molar-refractivity contribution in [1.82, 2.24) is 0 Å². The summed E-state index contributed by atoms with van der Waals surface area (Å²) in [7, 11) is 0. The molecule has 1 aromatic carbocycles. The minimum Gasteiger partial charge on any atom is -0.446 e. The SMILES string of the molecule is C=C(OC=N)c1ccc(C=O)cc1. The van der Waals surface area contributed by atoms with E-state index in [2.05, 4.69) is 6.58 Å². The minimum absolute atomic E-state index is 0.396. The van der Waals surface area contributed by atoms with E-state index in [-0.39, 0.29) is 0 Å². The molecule has 0 saturated heterocycles. The zero-order valence-electron chi connectivity index (χ0n) is 6.99. The summed E-state index contributed by atoms with van der Waals surface area (Å²) in [5.74, 6) is 0.396. The van der Waals surface area contributed by atoms with Gasteiger partial charge >= 0.3 is 0 Å². The van der Waals surface area contributed by atoms with Gasteiger partial charge in [0.25, 0.3) is 0 Å². The third-order valence-corrected chi connectivity index (χ3v) is 1.57. The average Bonchev–Trinajstić information content (AvgIpc) is 2.18. The Morgan fingerprint density at radius 3 is 2.46 bits per heavy atom. The second-order valence-electron chi connectivity index (χ2n) is 2.40. The van der Waals surface area contributed by atoms with Crippen molar-refractivity contribution < 1.29 is 9.53 Å². The van der Waals surface area contributed by atoms with E-state index in [1.165, 1.54) is 0 Å². The van der Waals surface area contributed by atoms with Crippen molar-refractivity contribution in [3.63, 3.8) is 0 Å². The number of rotatable bonds is 4. The predicted molar refractivity (Wildman–Crippen MR) is 50.7 cm³/mol. The van der Waals surface area contributed by atoms with Crippen molar-refractivity contribution in [3.05, 3.63) is 42.0 Å². The van der Waals surface area contributed by atoms with Crippen LogP contribution >= 0.6 is 0 Å². The average molecular weight is 175 g/mol. The summed E-state index contributed by atoms with van der Waals surface area (Å²) in [6.07, 6.45) is 1.58. The van der Waals surface area contributed by atoms with Gasteiger partial charge in [-0.1, -0.05) is 30.8 Å². The van der Waals surface area contributed by atoms with Crippen LogP contribution in [0.1, 0.15) is 15.9 Å². The van der Waals surface area contributed by atoms with Gasteiger partial charge in [-0.3, -0.25) is 10.2 Å². The van der Waals surface area contributed by atoms with Gasteiger partial charge in [0.1, 0.15) is 12.0 Å². The Morgan fingerprint density at radius 1 is 1.38 bits per heavy atom. The minimum atomic E-state index is 0.396. The summed E-state index contributed by atoms with van der Waals surface area (Å²) in [5.41, 5.74) is 1.36. The highest BCUT2D eigenvalue weighted by molar-refractivity contribution is 5.76. The molecular formula is C10H9NO2. The maximum absolute atomic E-state index is 10.3. The van der Waals surface area contributed by atoms with Crippen molar-refractivity contribution in [3.8, 4) is 0 Å². The lowest BCUT2D eigenvalue weighted by Crippen LogP contribution is -1.88. The Bertz CT molecular complexity index is 327. The van der Waals surface area contributed by atoms with Crippen LogP contribution in [0.5, 0.6) is 0 Å². The number of aldehydes is 1. The molecule has 0 aliphatic carbocycles. The number of carbonyl (C=O) groups is 1. The van der Waals surface area contributed by atoms with Crippen molar-refractivity contribution in [2.45, 2.75) is 0 Å². The number of hydrogen-bond donors (Lipinski definition) is 1. The highest BCUT2D eigenvalue weighted by atomic mass is 16.5. The first kappa shape index (κ1) is 9.19. The number of carbonyl (C=O) groups excluding carboxylic acids is 1. The first-order valence-corrected chi connectivity index (χ1v) is 3.68. The molecule has 0 spiro atoms. The van der Waals surface area contributed by atoms with Gasteiger partial charge < -0.3 is 4.74 Å². The van der Waals surface area contributed by atoms with Crippen molar-refractivity contribution >= 4 is 18.4 Å². The molecular weight excluding hydrogens is 166 g/mol. The molecule has 0 heterocycles. The van der Waals surface area contributed by atoms with Crippen LogP contribution in [0.3, 0.4) is 0 Å². The monoisotopic (exact) mass is 175 g/mol. The lowest BCUT2D eigenvalue weighted by molar-refractivity contribution is 0.112. The largest absolute Gasteiger partial charge is 0.446 e. The molecule has 3 nitrogen and oxygen atoms in total. The zero-order valence-corrected chi connectivity index (χ0v) is 6.99. The summed E-state index contributed by atoms with van der Waals surface area (Å²) in [4.78, 5) is 10.3. The molecule has 1 aromatic rings. The molecule has 0 radical (unpaired) electrons. The fraction of sp³-hybridized carbons (Fsp3) is 0. The van der Waals surface area contributed by atoms with E-state index in [0.29, 0.717) is 11.3 Å². The molecule has 0 unspecified atom stereocenters. The van der Waals surface area contributed by atoms with E-state index in [4.69, 9.17) is 10.1 Å². The molecule has 0 aliphatic rings. The zero-order chi connectivity index (χ0) is 9.68. The van der Waals surface area contributed by atoms with Gasteiger partial charge in [-0.25, -0.2) is 0 Å². The summed E-state index contributed by atoms with van der Waals surface area (Å²) in [6, 6.07) is 6.77. The second-order valence-corrected chi connectivity index (χ2v) is 2.40. The van der Waals surface area contributed by atoms with Crippen LogP contribution in [0.4, 0.5) is 0 Å². The van der Waals surface area contributed by atoms with Gasteiger partial charge in [0.2, 0.25) is 0 Å². The Hall–Kier alpha value is -1.90. The fourth-order valence-corrected chi connectivity index (χ4v) is 0.887. The number of hydrogen-bond acceptors (Lipinski definition) is 3. The van der Waals surface area contributed by atoms with Gasteiger partial charge in [-0.15, -0.1) is 0 Å². The summed E-state index contributed by atoms with van der Waals surface area (Å²) in [6.45, 7) is 3.61. The number of benzene rings is 1. The third kappa shape index (κ3) is 2.27. The van der Waals surface area contributed by atoms with E-state index < -0.39 is 0 Å². The third-order valence-electron chi connectivity index (χ3n) is 1.57. The lowest BCUT2D eigenvalue weighted by Gasteiger charge is -2.02. The molecule has 0 fully saturated rings. The van der Waals surface area contributed by atoms with Gasteiger partial charge in [0.15, 0.2) is 6.40 Å². The van der Waals surface area contributed by atoms with E-state index in [9.17, 15) is 4.79 Å². The highest BCUT2D eigenvalue weighted by Gasteiger charge is 1.97. The molecule has 66 valence electrons. The Labute approximate surface area is 76.2 Å². The molecule has 3 heteroatoms. The van der Waals surface area contributed by atoms with E-state index in [1.54, 1.807) is 24.3 Å². The number of ether oxygens (including phenoxy) is 1. The molecule has 0 bridgehead atoms. The predicted octanol–water partition coefficient (Wildman–Crippen LogP) is 2.09. The van der Waals surface area contributed by atoms with E-state index >= 15 is 0 Å². The molecule has 0 aromatic heterocycles. The smallest absolute Gasteiger partial charge is 0.173 e. The standard InChI is InChI=1S/C10H9NO2/c1-8(13-7-11)10-4-2-9(6-12)3-5-10/h2-7,11H,1H2. The first-order chi connectivity index (χ1) is 6.27. The Balaban J connectivity index is 2.85. The molecule has 0 amide bonds. The van der Waals surface area contributed by atoms with Gasteiger partial charge in [0.05, 0.1) is 0 Å². The van der Waals surface area contributed by atoms with Crippen LogP contribution in [-0.2, 0) is 4.74 Å². The van der Waals surface area contributed by atoms with E-state index in [1.807, 2.05) is 0 Å². The van der Waals surface area contributed by atoms with Crippen LogP contribution in [-0.4, -0.2) is 12.7 Å². The first-order valence-electron chi connectivity index (χ1n) is 3.68. The topological polar surface area (TPSA) is 50.1 Å². The normalized spacial score (nSPS) is 8.92. The summed E-state index contributed by atoms with van der Waals surface area (Å²) >= 11 is 0. The second kappa shape index (κ2) is 4.21. The van der Waals surface area contributed by atoms with Crippen molar-refractivity contribution in [1.29, 1.82) is 5.41 Å². The molecule has 1 N–H and O–H groups in total. The molecule has 1 rings (SSSR count). The summed E-state index contributed by atoms with van der Waals surface area (Å²) in [5, 5.41) is 6.70. The van der Waals surface area contributed by atoms with Crippen LogP contribution in [0.25, 0.3) is 5.76 Å². The molecule has 0 aliphatic heterocycles. The van der Waals surface area contributed by atoms with Crippen LogP contribution in [0.15, 0.2) is 30.8 Å². The van der Waals surface area contributed by atoms with Gasteiger partial charge in [-0.05, 0) is 0 Å². The van der Waals surface area contributed by atoms with Gasteiger partial charge in [0, 0.05) is 11.1 Å². The van der Waals surface area contributed by atoms with Crippen LogP contribution in [0.2, 0.25) is 0 Å². The van der Waals surface area contributed by atoms with Crippen molar-refractivity contribution in [2.24, 2.45) is 0 Å². The number of nitrogens with one attached hydrogen (secondary N) is 1. The maximum Gasteiger partial charge on any atom is 0.173 e.